The third kappa shape index (κ3) is 16.4. The number of carbonyl (C=O) groups is 2. The normalized spacial score (nSPS) is 13.3. The van der Waals surface area contributed by atoms with Crippen molar-refractivity contribution in [2.75, 3.05) is 12.4 Å². The van der Waals surface area contributed by atoms with E-state index in [1.165, 1.54) is 64.2 Å². The van der Waals surface area contributed by atoms with Crippen LogP contribution >= 0.6 is 12.6 Å². The van der Waals surface area contributed by atoms with E-state index in [0.29, 0.717) is 6.42 Å². The summed E-state index contributed by atoms with van der Waals surface area (Å²) >= 11 is 4.07. The Morgan fingerprint density at radius 3 is 1.79 bits per heavy atom. The molecule has 0 unspecified atom stereocenters. The molecule has 0 rings (SSSR count). The lowest BCUT2D eigenvalue weighted by molar-refractivity contribution is -0.126. The van der Waals surface area contributed by atoms with Gasteiger partial charge in [0.25, 0.3) is 0 Å². The number of rotatable bonds is 20. The van der Waals surface area contributed by atoms with Gasteiger partial charge in [0.2, 0.25) is 5.91 Å². The predicted octanol–water partition coefficient (Wildman–Crippen LogP) is 4.01. The van der Waals surface area contributed by atoms with Crippen LogP contribution in [0.25, 0.3) is 0 Å². The molecule has 0 aliphatic rings. The lowest BCUT2D eigenvalue weighted by Crippen LogP contribution is -2.43. The number of ketones is 1. The van der Waals surface area contributed by atoms with Crippen molar-refractivity contribution in [3.05, 3.63) is 6.42 Å². The summed E-state index contributed by atoms with van der Waals surface area (Å²) in [6.45, 7) is 1.73. The molecule has 0 saturated heterocycles. The second-order valence-electron chi connectivity index (χ2n) is 7.61. The van der Waals surface area contributed by atoms with E-state index in [1.807, 2.05) is 0 Å². The number of hydrogen-bond donors (Lipinski definition) is 4. The van der Waals surface area contributed by atoms with E-state index < -0.39 is 24.5 Å². The maximum absolute atomic E-state index is 12.0. The summed E-state index contributed by atoms with van der Waals surface area (Å²) in [5, 5.41) is 20.7. The molecule has 0 bridgehead atoms. The van der Waals surface area contributed by atoms with Gasteiger partial charge in [-0.1, -0.05) is 84.0 Å². The first kappa shape index (κ1) is 27.4. The molecule has 1 radical (unpaired) electrons. The van der Waals surface area contributed by atoms with E-state index in [9.17, 15) is 14.7 Å². The SMILES string of the molecule is CCCCCCCCCCCCCCCC(=O)N[C@@H](CS)C(=O)[CH][C@@H](O)CO. The minimum absolute atomic E-state index is 0.164. The molecule has 165 valence electrons. The number of nitrogens with one attached hydrogen (secondary N) is 1. The quantitative estimate of drug-likeness (QED) is 0.178. The third-order valence-electron chi connectivity index (χ3n) is 4.91. The van der Waals surface area contributed by atoms with Gasteiger partial charge in [-0.2, -0.15) is 12.6 Å². The number of amides is 1. The monoisotopic (exact) mass is 416 g/mol. The zero-order valence-corrected chi connectivity index (χ0v) is 18.6. The first-order valence-corrected chi connectivity index (χ1v) is 11.8. The zero-order chi connectivity index (χ0) is 21.0. The van der Waals surface area contributed by atoms with Gasteiger partial charge in [-0.05, 0) is 6.42 Å². The second kappa shape index (κ2) is 19.7. The topological polar surface area (TPSA) is 86.6 Å². The van der Waals surface area contributed by atoms with Crippen LogP contribution in [0, 0.1) is 6.42 Å². The maximum Gasteiger partial charge on any atom is 0.220 e. The van der Waals surface area contributed by atoms with Crippen molar-refractivity contribution in [2.24, 2.45) is 0 Å². The Morgan fingerprint density at radius 2 is 1.36 bits per heavy atom. The van der Waals surface area contributed by atoms with Gasteiger partial charge in [0, 0.05) is 12.2 Å². The molecule has 6 heteroatoms. The van der Waals surface area contributed by atoms with Gasteiger partial charge in [0.05, 0.1) is 25.2 Å². The number of thiol groups is 1. The van der Waals surface area contributed by atoms with Crippen LogP contribution < -0.4 is 5.32 Å². The highest BCUT2D eigenvalue weighted by atomic mass is 32.1. The average molecular weight is 417 g/mol. The molecule has 0 aromatic rings. The number of carbonyl (C=O) groups excluding carboxylic acids is 2. The van der Waals surface area contributed by atoms with E-state index in [4.69, 9.17) is 5.11 Å². The number of aliphatic hydroxyl groups is 2. The van der Waals surface area contributed by atoms with Crippen molar-refractivity contribution in [1.29, 1.82) is 0 Å². The number of hydrogen-bond acceptors (Lipinski definition) is 5. The standard InChI is InChI=1S/C22H42NO4S/c1-2-3-4-5-6-7-8-9-10-11-12-13-14-15-22(27)23-20(18-28)21(26)16-19(25)17-24/h16,19-20,24-25,28H,2-15,17-18H2,1H3,(H,23,27)/t19-,20+/m1/s1. The van der Waals surface area contributed by atoms with Crippen LogP contribution in [0.15, 0.2) is 0 Å². The predicted molar refractivity (Wildman–Crippen MR) is 118 cm³/mol. The minimum atomic E-state index is -1.20. The molecule has 0 aromatic heterocycles. The van der Waals surface area contributed by atoms with Crippen molar-refractivity contribution in [3.63, 3.8) is 0 Å². The van der Waals surface area contributed by atoms with Crippen LogP contribution in [0.1, 0.15) is 96.8 Å². The molecule has 3 N–H and O–H groups in total. The largest absolute Gasteiger partial charge is 0.394 e. The van der Waals surface area contributed by atoms with Crippen molar-refractivity contribution >= 4 is 24.3 Å². The summed E-state index contributed by atoms with van der Waals surface area (Å²) in [5.74, 6) is -0.421. The highest BCUT2D eigenvalue weighted by Crippen LogP contribution is 2.13. The van der Waals surface area contributed by atoms with Crippen LogP contribution in [0.4, 0.5) is 0 Å². The minimum Gasteiger partial charge on any atom is -0.394 e. The van der Waals surface area contributed by atoms with Crippen LogP contribution in [-0.2, 0) is 9.59 Å². The van der Waals surface area contributed by atoms with Crippen molar-refractivity contribution in [2.45, 2.75) is 109 Å². The molecular weight excluding hydrogens is 374 g/mol. The fraction of sp³-hybridized carbons (Fsp3) is 0.864. The molecule has 0 heterocycles. The Hall–Kier alpha value is -0.590. The first-order chi connectivity index (χ1) is 13.5. The van der Waals surface area contributed by atoms with E-state index in [2.05, 4.69) is 24.9 Å². The van der Waals surface area contributed by atoms with E-state index in [0.717, 1.165) is 25.7 Å². The summed E-state index contributed by atoms with van der Waals surface area (Å²) in [6.07, 6.45) is 16.6. The van der Waals surface area contributed by atoms with Crippen LogP contribution in [0.2, 0.25) is 0 Å². The molecule has 1 amide bonds. The number of aliphatic hydroxyl groups excluding tert-OH is 2. The summed E-state index contributed by atoms with van der Waals surface area (Å²) in [7, 11) is 0. The molecule has 5 nitrogen and oxygen atoms in total. The zero-order valence-electron chi connectivity index (χ0n) is 17.7. The molecule has 28 heavy (non-hydrogen) atoms. The van der Waals surface area contributed by atoms with E-state index >= 15 is 0 Å². The van der Waals surface area contributed by atoms with E-state index in [1.54, 1.807) is 0 Å². The van der Waals surface area contributed by atoms with Gasteiger partial charge in [0.1, 0.15) is 0 Å². The molecule has 0 aromatic carbocycles. The average Bonchev–Trinajstić information content (AvgIpc) is 2.69. The molecule has 2 atom stereocenters. The fourth-order valence-electron chi connectivity index (χ4n) is 3.14. The third-order valence-corrected chi connectivity index (χ3v) is 5.28. The first-order valence-electron chi connectivity index (χ1n) is 11.1. The number of unbranched alkanes of at least 4 members (excludes halogenated alkanes) is 12. The Bertz CT molecular complexity index is 393. The second-order valence-corrected chi connectivity index (χ2v) is 7.98. The molecule has 0 aliphatic heterocycles. The summed E-state index contributed by atoms with van der Waals surface area (Å²) in [4.78, 5) is 23.8. The van der Waals surface area contributed by atoms with Gasteiger partial charge in [-0.15, -0.1) is 0 Å². The lowest BCUT2D eigenvalue weighted by Gasteiger charge is -2.16. The Balaban J connectivity index is 3.57. The number of Topliss-reactive ketones (excluding diaryl/α,β-unsaturated/α-hetero) is 1. The van der Waals surface area contributed by atoms with Crippen molar-refractivity contribution < 1.29 is 19.8 Å². The van der Waals surface area contributed by atoms with Crippen LogP contribution in [0.5, 0.6) is 0 Å². The Kier molecular flexibility index (Phi) is 19.3. The molecule has 0 fully saturated rings. The fourth-order valence-corrected chi connectivity index (χ4v) is 3.41. The van der Waals surface area contributed by atoms with Gasteiger partial charge in [-0.25, -0.2) is 0 Å². The molecular formula is C22H42NO4S. The summed E-state index contributed by atoms with van der Waals surface area (Å²) in [5.41, 5.74) is 0. The van der Waals surface area contributed by atoms with Crippen molar-refractivity contribution in [3.8, 4) is 0 Å². The van der Waals surface area contributed by atoms with Gasteiger partial charge < -0.3 is 15.5 Å². The highest BCUT2D eigenvalue weighted by molar-refractivity contribution is 7.80. The van der Waals surface area contributed by atoms with Gasteiger partial charge >= 0.3 is 0 Å². The molecule has 0 saturated carbocycles. The van der Waals surface area contributed by atoms with Crippen LogP contribution in [0.3, 0.4) is 0 Å². The molecule has 0 spiro atoms. The summed E-state index contributed by atoms with van der Waals surface area (Å²) < 4.78 is 0. The highest BCUT2D eigenvalue weighted by Gasteiger charge is 2.21. The summed E-state index contributed by atoms with van der Waals surface area (Å²) in [6, 6.07) is -0.751. The smallest absolute Gasteiger partial charge is 0.220 e. The Labute approximate surface area is 177 Å². The van der Waals surface area contributed by atoms with Crippen molar-refractivity contribution in [1.82, 2.24) is 5.32 Å². The van der Waals surface area contributed by atoms with Gasteiger partial charge in [-0.3, -0.25) is 9.59 Å². The molecule has 0 aliphatic carbocycles. The Morgan fingerprint density at radius 1 is 0.893 bits per heavy atom. The lowest BCUT2D eigenvalue weighted by atomic mass is 10.0. The van der Waals surface area contributed by atoms with Gasteiger partial charge in [0.15, 0.2) is 5.78 Å². The van der Waals surface area contributed by atoms with E-state index in [-0.39, 0.29) is 11.7 Å². The van der Waals surface area contributed by atoms with Crippen LogP contribution in [-0.4, -0.2) is 46.4 Å². The maximum atomic E-state index is 12.0.